The van der Waals surface area contributed by atoms with Crippen molar-refractivity contribution in [2.75, 3.05) is 13.1 Å². The number of hydrogen-bond acceptors (Lipinski definition) is 2. The molecule has 150 valence electrons. The molecule has 0 unspecified atom stereocenters. The zero-order valence-electron chi connectivity index (χ0n) is 17.2. The van der Waals surface area contributed by atoms with Crippen LogP contribution in [0.1, 0.15) is 54.5 Å². The standard InChI is InChI=1S/C24H31FN2O/c1-4-23(20-10-7-17(2)18(3)14-20)26-24(28)21-6-5-13-27(16-21)15-19-8-11-22(25)12-9-19/h7-12,14,21,23H,4-6,13,15-16H2,1-3H3,(H,26,28)/t21-,23-/m1/s1. The molecule has 0 aromatic heterocycles. The zero-order chi connectivity index (χ0) is 20.1. The predicted molar refractivity (Wildman–Crippen MR) is 111 cm³/mol. The SMILES string of the molecule is CC[C@@H](NC(=O)[C@@H]1CCCN(Cc2ccc(F)cc2)C1)c1ccc(C)c(C)c1. The van der Waals surface area contributed by atoms with Gasteiger partial charge in [0.2, 0.25) is 5.91 Å². The maximum Gasteiger partial charge on any atom is 0.224 e. The Morgan fingerprint density at radius 2 is 1.93 bits per heavy atom. The second-order valence-corrected chi connectivity index (χ2v) is 8.01. The Morgan fingerprint density at radius 1 is 1.18 bits per heavy atom. The quantitative estimate of drug-likeness (QED) is 0.769. The number of nitrogens with zero attached hydrogens (tertiary/aromatic N) is 1. The first-order valence-corrected chi connectivity index (χ1v) is 10.3. The molecule has 2 aromatic carbocycles. The van der Waals surface area contributed by atoms with E-state index < -0.39 is 0 Å². The van der Waals surface area contributed by atoms with Crippen LogP contribution in [0.4, 0.5) is 4.39 Å². The van der Waals surface area contributed by atoms with Crippen molar-refractivity contribution >= 4 is 5.91 Å². The van der Waals surface area contributed by atoms with Crippen molar-refractivity contribution in [3.8, 4) is 0 Å². The van der Waals surface area contributed by atoms with Crippen LogP contribution in [0.3, 0.4) is 0 Å². The van der Waals surface area contributed by atoms with Crippen LogP contribution < -0.4 is 5.32 Å². The highest BCUT2D eigenvalue weighted by molar-refractivity contribution is 5.79. The molecule has 2 atom stereocenters. The highest BCUT2D eigenvalue weighted by Gasteiger charge is 2.27. The van der Waals surface area contributed by atoms with Crippen molar-refractivity contribution in [1.29, 1.82) is 0 Å². The molecule has 0 bridgehead atoms. The summed E-state index contributed by atoms with van der Waals surface area (Å²) in [6, 6.07) is 13.1. The lowest BCUT2D eigenvalue weighted by molar-refractivity contribution is -0.127. The number of halogens is 1. The smallest absolute Gasteiger partial charge is 0.224 e. The molecular formula is C24H31FN2O. The van der Waals surface area contributed by atoms with Crippen LogP contribution >= 0.6 is 0 Å². The number of nitrogens with one attached hydrogen (secondary N) is 1. The maximum atomic E-state index is 13.1. The van der Waals surface area contributed by atoms with Gasteiger partial charge in [0.1, 0.15) is 5.82 Å². The molecule has 1 saturated heterocycles. The Morgan fingerprint density at radius 3 is 2.61 bits per heavy atom. The summed E-state index contributed by atoms with van der Waals surface area (Å²) in [5.41, 5.74) is 4.80. The van der Waals surface area contributed by atoms with Crippen molar-refractivity contribution in [1.82, 2.24) is 10.2 Å². The lowest BCUT2D eigenvalue weighted by Gasteiger charge is -2.33. The third kappa shape index (κ3) is 5.20. The van der Waals surface area contributed by atoms with Gasteiger partial charge in [0.05, 0.1) is 12.0 Å². The number of hydrogen-bond donors (Lipinski definition) is 1. The molecule has 2 aromatic rings. The fourth-order valence-electron chi connectivity index (χ4n) is 3.95. The number of carbonyl (C=O) groups is 1. The Hall–Kier alpha value is -2.20. The summed E-state index contributed by atoms with van der Waals surface area (Å²) in [6.45, 7) is 8.83. The average molecular weight is 383 g/mol. The molecule has 0 saturated carbocycles. The molecule has 0 radical (unpaired) electrons. The number of rotatable bonds is 6. The van der Waals surface area contributed by atoms with E-state index in [0.29, 0.717) is 0 Å². The van der Waals surface area contributed by atoms with Gasteiger partial charge in [-0.1, -0.05) is 37.3 Å². The van der Waals surface area contributed by atoms with Crippen molar-refractivity contribution in [3.63, 3.8) is 0 Å². The van der Waals surface area contributed by atoms with Crippen LogP contribution in [0.15, 0.2) is 42.5 Å². The first kappa shape index (κ1) is 20.5. The van der Waals surface area contributed by atoms with Gasteiger partial charge < -0.3 is 5.32 Å². The molecule has 4 heteroatoms. The first-order valence-electron chi connectivity index (χ1n) is 10.3. The predicted octanol–water partition coefficient (Wildman–Crippen LogP) is 4.92. The molecule has 1 N–H and O–H groups in total. The minimum Gasteiger partial charge on any atom is -0.349 e. The Kier molecular flexibility index (Phi) is 6.84. The number of piperidine rings is 1. The van der Waals surface area contributed by atoms with Gasteiger partial charge in [0.15, 0.2) is 0 Å². The molecule has 1 amide bonds. The van der Waals surface area contributed by atoms with Gasteiger partial charge in [-0.15, -0.1) is 0 Å². The van der Waals surface area contributed by atoms with E-state index in [2.05, 4.69) is 49.2 Å². The Labute approximate surface area is 167 Å². The normalized spacial score (nSPS) is 18.6. The largest absolute Gasteiger partial charge is 0.349 e. The van der Waals surface area contributed by atoms with E-state index in [1.54, 1.807) is 0 Å². The van der Waals surface area contributed by atoms with Gasteiger partial charge in [-0.05, 0) is 74.0 Å². The molecule has 0 spiro atoms. The maximum absolute atomic E-state index is 13.1. The molecule has 3 rings (SSSR count). The van der Waals surface area contributed by atoms with E-state index in [0.717, 1.165) is 44.5 Å². The van der Waals surface area contributed by atoms with Crippen molar-refractivity contribution in [2.24, 2.45) is 5.92 Å². The van der Waals surface area contributed by atoms with Gasteiger partial charge in [-0.3, -0.25) is 9.69 Å². The first-order chi connectivity index (χ1) is 13.5. The topological polar surface area (TPSA) is 32.3 Å². The van der Waals surface area contributed by atoms with Crippen molar-refractivity contribution < 1.29 is 9.18 Å². The monoisotopic (exact) mass is 382 g/mol. The van der Waals surface area contributed by atoms with E-state index in [-0.39, 0.29) is 23.7 Å². The van der Waals surface area contributed by atoms with Crippen LogP contribution in [0.5, 0.6) is 0 Å². The summed E-state index contributed by atoms with van der Waals surface area (Å²) < 4.78 is 13.1. The van der Waals surface area contributed by atoms with Gasteiger partial charge in [0, 0.05) is 13.1 Å². The summed E-state index contributed by atoms with van der Waals surface area (Å²) in [7, 11) is 0. The summed E-state index contributed by atoms with van der Waals surface area (Å²) in [6.07, 6.45) is 2.81. The number of amides is 1. The van der Waals surface area contributed by atoms with E-state index in [1.807, 2.05) is 12.1 Å². The van der Waals surface area contributed by atoms with E-state index in [4.69, 9.17) is 0 Å². The third-order valence-electron chi connectivity index (χ3n) is 5.85. The van der Waals surface area contributed by atoms with Crippen LogP contribution in [-0.4, -0.2) is 23.9 Å². The summed E-state index contributed by atoms with van der Waals surface area (Å²) in [5, 5.41) is 3.28. The minimum absolute atomic E-state index is 0.00907. The van der Waals surface area contributed by atoms with E-state index >= 15 is 0 Å². The lowest BCUT2D eigenvalue weighted by Crippen LogP contribution is -2.43. The molecule has 28 heavy (non-hydrogen) atoms. The van der Waals surface area contributed by atoms with E-state index in [9.17, 15) is 9.18 Å². The van der Waals surface area contributed by atoms with Crippen LogP contribution in [0.2, 0.25) is 0 Å². The lowest BCUT2D eigenvalue weighted by atomic mass is 9.94. The van der Waals surface area contributed by atoms with Crippen molar-refractivity contribution in [2.45, 2.75) is 52.6 Å². The van der Waals surface area contributed by atoms with Gasteiger partial charge in [-0.2, -0.15) is 0 Å². The molecule has 0 aliphatic carbocycles. The molecule has 1 aliphatic heterocycles. The number of carbonyl (C=O) groups excluding carboxylic acids is 1. The third-order valence-corrected chi connectivity index (χ3v) is 5.85. The van der Waals surface area contributed by atoms with Gasteiger partial charge in [-0.25, -0.2) is 4.39 Å². The summed E-state index contributed by atoms with van der Waals surface area (Å²) in [5.74, 6) is -0.0553. The highest BCUT2D eigenvalue weighted by Crippen LogP contribution is 2.23. The fraction of sp³-hybridized carbons (Fsp3) is 0.458. The molecule has 3 nitrogen and oxygen atoms in total. The molecule has 1 heterocycles. The highest BCUT2D eigenvalue weighted by atomic mass is 19.1. The number of aryl methyl sites for hydroxylation is 2. The molecular weight excluding hydrogens is 351 g/mol. The molecule has 1 aliphatic rings. The fourth-order valence-corrected chi connectivity index (χ4v) is 3.95. The molecule has 1 fully saturated rings. The second-order valence-electron chi connectivity index (χ2n) is 8.01. The number of benzene rings is 2. The Bertz CT molecular complexity index is 803. The zero-order valence-corrected chi connectivity index (χ0v) is 17.2. The average Bonchev–Trinajstić information content (AvgIpc) is 2.70. The summed E-state index contributed by atoms with van der Waals surface area (Å²) >= 11 is 0. The van der Waals surface area contributed by atoms with E-state index in [1.165, 1.54) is 28.8 Å². The summed E-state index contributed by atoms with van der Waals surface area (Å²) in [4.78, 5) is 15.3. The van der Waals surface area contributed by atoms with Crippen LogP contribution in [-0.2, 0) is 11.3 Å². The second kappa shape index (κ2) is 9.33. The van der Waals surface area contributed by atoms with Gasteiger partial charge >= 0.3 is 0 Å². The number of likely N-dealkylation sites (tertiary alicyclic amines) is 1. The van der Waals surface area contributed by atoms with Crippen molar-refractivity contribution in [3.05, 3.63) is 70.5 Å². The van der Waals surface area contributed by atoms with Crippen LogP contribution in [0.25, 0.3) is 0 Å². The van der Waals surface area contributed by atoms with Crippen LogP contribution in [0, 0.1) is 25.6 Å². The van der Waals surface area contributed by atoms with Gasteiger partial charge in [0.25, 0.3) is 0 Å². The Balaban J connectivity index is 1.60. The minimum atomic E-state index is -0.211.